The minimum atomic E-state index is -0.402. The highest BCUT2D eigenvalue weighted by Crippen LogP contribution is 2.25. The Bertz CT molecular complexity index is 627. The van der Waals surface area contributed by atoms with Gasteiger partial charge in [0.25, 0.3) is 0 Å². The van der Waals surface area contributed by atoms with E-state index in [-0.39, 0.29) is 0 Å². The van der Waals surface area contributed by atoms with Gasteiger partial charge < -0.3 is 15.4 Å². The quantitative estimate of drug-likeness (QED) is 0.828. The van der Waals surface area contributed by atoms with Crippen LogP contribution in [0.1, 0.15) is 6.92 Å². The van der Waals surface area contributed by atoms with Gasteiger partial charge in [0.1, 0.15) is 5.75 Å². The fraction of sp³-hybridized carbons (Fsp3) is 0.133. The van der Waals surface area contributed by atoms with Gasteiger partial charge in [0.05, 0.1) is 12.3 Å². The van der Waals surface area contributed by atoms with Gasteiger partial charge in [0.15, 0.2) is 0 Å². The molecular formula is C15H14Cl2N2O2. The van der Waals surface area contributed by atoms with Crippen molar-refractivity contribution in [3.63, 3.8) is 0 Å². The zero-order valence-electron chi connectivity index (χ0n) is 11.3. The summed E-state index contributed by atoms with van der Waals surface area (Å²) in [7, 11) is 0. The minimum Gasteiger partial charge on any atom is -0.492 e. The van der Waals surface area contributed by atoms with Crippen molar-refractivity contribution in [1.29, 1.82) is 0 Å². The molecule has 2 aromatic rings. The van der Waals surface area contributed by atoms with E-state index < -0.39 is 6.03 Å². The highest BCUT2D eigenvalue weighted by Gasteiger charge is 2.08. The number of hydrogen-bond donors (Lipinski definition) is 2. The third-order valence-corrected chi connectivity index (χ3v) is 2.99. The topological polar surface area (TPSA) is 50.4 Å². The van der Waals surface area contributed by atoms with Crippen LogP contribution in [0.5, 0.6) is 5.75 Å². The van der Waals surface area contributed by atoms with Crippen molar-refractivity contribution in [1.82, 2.24) is 0 Å². The van der Waals surface area contributed by atoms with Crippen molar-refractivity contribution in [2.45, 2.75) is 6.92 Å². The van der Waals surface area contributed by atoms with Crippen LogP contribution in [-0.4, -0.2) is 12.6 Å². The lowest BCUT2D eigenvalue weighted by Crippen LogP contribution is -2.19. The fourth-order valence-corrected chi connectivity index (χ4v) is 2.29. The first kappa shape index (κ1) is 15.5. The molecule has 2 N–H and O–H groups in total. The summed E-state index contributed by atoms with van der Waals surface area (Å²) in [6.07, 6.45) is 0. The highest BCUT2D eigenvalue weighted by molar-refractivity contribution is 6.35. The van der Waals surface area contributed by atoms with E-state index in [0.717, 1.165) is 0 Å². The maximum absolute atomic E-state index is 12.0. The predicted octanol–water partition coefficient (Wildman–Crippen LogP) is 5.04. The molecule has 0 heterocycles. The maximum Gasteiger partial charge on any atom is 0.323 e. The van der Waals surface area contributed by atoms with E-state index in [1.807, 2.05) is 19.1 Å². The van der Waals surface area contributed by atoms with Crippen molar-refractivity contribution in [2.75, 3.05) is 17.2 Å². The van der Waals surface area contributed by atoms with Crippen LogP contribution in [0.2, 0.25) is 10.0 Å². The summed E-state index contributed by atoms with van der Waals surface area (Å²) in [5.41, 5.74) is 1.10. The van der Waals surface area contributed by atoms with Crippen molar-refractivity contribution in [3.05, 3.63) is 52.5 Å². The van der Waals surface area contributed by atoms with E-state index in [1.165, 1.54) is 0 Å². The number of para-hydroxylation sites is 2. The van der Waals surface area contributed by atoms with Crippen molar-refractivity contribution < 1.29 is 9.53 Å². The molecule has 0 atom stereocenters. The first-order chi connectivity index (χ1) is 10.1. The van der Waals surface area contributed by atoms with E-state index in [4.69, 9.17) is 27.9 Å². The normalized spacial score (nSPS) is 10.0. The summed E-state index contributed by atoms with van der Waals surface area (Å²) >= 11 is 11.8. The number of anilines is 2. The Balaban J connectivity index is 2.08. The van der Waals surface area contributed by atoms with E-state index in [9.17, 15) is 4.79 Å². The fourth-order valence-electron chi connectivity index (χ4n) is 1.76. The largest absolute Gasteiger partial charge is 0.492 e. The smallest absolute Gasteiger partial charge is 0.323 e. The SMILES string of the molecule is CCOc1ccccc1NC(=O)Nc1cc(Cl)cc(Cl)c1. The zero-order valence-corrected chi connectivity index (χ0v) is 12.8. The van der Waals surface area contributed by atoms with Gasteiger partial charge in [-0.2, -0.15) is 0 Å². The Kier molecular flexibility index (Phi) is 5.31. The van der Waals surface area contributed by atoms with Gasteiger partial charge in [-0.25, -0.2) is 4.79 Å². The van der Waals surface area contributed by atoms with Crippen LogP contribution in [0, 0.1) is 0 Å². The maximum atomic E-state index is 12.0. The molecule has 21 heavy (non-hydrogen) atoms. The molecule has 0 fully saturated rings. The minimum absolute atomic E-state index is 0.402. The number of urea groups is 1. The summed E-state index contributed by atoms with van der Waals surface area (Å²) in [6, 6.07) is 11.6. The molecule has 0 saturated heterocycles. The Morgan fingerprint density at radius 2 is 1.76 bits per heavy atom. The molecular weight excluding hydrogens is 311 g/mol. The first-order valence-corrected chi connectivity index (χ1v) is 7.10. The molecule has 0 aliphatic carbocycles. The first-order valence-electron chi connectivity index (χ1n) is 6.34. The van der Waals surface area contributed by atoms with E-state index >= 15 is 0 Å². The molecule has 0 spiro atoms. The lowest BCUT2D eigenvalue weighted by molar-refractivity contribution is 0.262. The molecule has 4 nitrogen and oxygen atoms in total. The zero-order chi connectivity index (χ0) is 15.2. The van der Waals surface area contributed by atoms with E-state index in [1.54, 1.807) is 30.3 Å². The predicted molar refractivity (Wildman–Crippen MR) is 86.7 cm³/mol. The Hall–Kier alpha value is -1.91. The molecule has 6 heteroatoms. The molecule has 110 valence electrons. The van der Waals surface area contributed by atoms with Crippen molar-refractivity contribution >= 4 is 40.6 Å². The number of ether oxygens (including phenoxy) is 1. The summed E-state index contributed by atoms with van der Waals surface area (Å²) in [4.78, 5) is 12.0. The van der Waals surface area contributed by atoms with Crippen molar-refractivity contribution in [3.8, 4) is 5.75 Å². The van der Waals surface area contributed by atoms with Gasteiger partial charge in [0.2, 0.25) is 0 Å². The number of amides is 2. The average molecular weight is 325 g/mol. The summed E-state index contributed by atoms with van der Waals surface area (Å²) in [5.74, 6) is 0.610. The number of rotatable bonds is 4. The Morgan fingerprint density at radius 3 is 2.43 bits per heavy atom. The molecule has 0 unspecified atom stereocenters. The second-order valence-electron chi connectivity index (χ2n) is 4.17. The lowest BCUT2D eigenvalue weighted by Gasteiger charge is -2.12. The number of benzene rings is 2. The van der Waals surface area contributed by atoms with Gasteiger partial charge in [0, 0.05) is 15.7 Å². The van der Waals surface area contributed by atoms with Crippen LogP contribution in [-0.2, 0) is 0 Å². The molecule has 2 amide bonds. The van der Waals surface area contributed by atoms with Gasteiger partial charge in [-0.3, -0.25) is 0 Å². The summed E-state index contributed by atoms with van der Waals surface area (Å²) in [6.45, 7) is 2.40. The monoisotopic (exact) mass is 324 g/mol. The van der Waals surface area contributed by atoms with Crippen LogP contribution < -0.4 is 15.4 Å². The molecule has 0 radical (unpaired) electrons. The third-order valence-electron chi connectivity index (χ3n) is 2.56. The van der Waals surface area contributed by atoms with Gasteiger partial charge in [-0.15, -0.1) is 0 Å². The number of nitrogens with one attached hydrogen (secondary N) is 2. The van der Waals surface area contributed by atoms with E-state index in [0.29, 0.717) is 33.8 Å². The highest BCUT2D eigenvalue weighted by atomic mass is 35.5. The third kappa shape index (κ3) is 4.55. The molecule has 0 saturated carbocycles. The van der Waals surface area contributed by atoms with Crippen molar-refractivity contribution in [2.24, 2.45) is 0 Å². The molecule has 0 aliphatic heterocycles. The number of carbonyl (C=O) groups excluding carboxylic acids is 1. The second-order valence-corrected chi connectivity index (χ2v) is 5.04. The number of hydrogen-bond acceptors (Lipinski definition) is 2. The van der Waals surface area contributed by atoms with E-state index in [2.05, 4.69) is 10.6 Å². The molecule has 0 bridgehead atoms. The summed E-state index contributed by atoms with van der Waals surface area (Å²) < 4.78 is 5.44. The van der Waals surface area contributed by atoms with Gasteiger partial charge in [-0.05, 0) is 37.3 Å². The molecule has 2 aromatic carbocycles. The van der Waals surface area contributed by atoms with Crippen LogP contribution in [0.4, 0.5) is 16.2 Å². The van der Waals surface area contributed by atoms with Gasteiger partial charge in [-0.1, -0.05) is 35.3 Å². The molecule has 2 rings (SSSR count). The standard InChI is InChI=1S/C15H14Cl2N2O2/c1-2-21-14-6-4-3-5-13(14)19-15(20)18-12-8-10(16)7-11(17)9-12/h3-9H,2H2,1H3,(H2,18,19,20). The number of halogens is 2. The number of carbonyl (C=O) groups is 1. The average Bonchev–Trinajstić information content (AvgIpc) is 2.40. The van der Waals surface area contributed by atoms with Crippen LogP contribution >= 0.6 is 23.2 Å². The summed E-state index contributed by atoms with van der Waals surface area (Å²) in [5, 5.41) is 6.29. The van der Waals surface area contributed by atoms with Crippen LogP contribution in [0.3, 0.4) is 0 Å². The second kappa shape index (κ2) is 7.20. The van der Waals surface area contributed by atoms with Crippen LogP contribution in [0.25, 0.3) is 0 Å². The Labute approximate surface area is 133 Å². The molecule has 0 aliphatic rings. The van der Waals surface area contributed by atoms with Crippen LogP contribution in [0.15, 0.2) is 42.5 Å². The van der Waals surface area contributed by atoms with Gasteiger partial charge >= 0.3 is 6.03 Å². The lowest BCUT2D eigenvalue weighted by atomic mass is 10.3. The Morgan fingerprint density at radius 1 is 1.10 bits per heavy atom. The molecule has 0 aromatic heterocycles.